The highest BCUT2D eigenvalue weighted by atomic mass is 35.5. The number of aliphatic hydroxyl groups is 1. The van der Waals surface area contributed by atoms with Crippen molar-refractivity contribution in [3.8, 4) is 0 Å². The van der Waals surface area contributed by atoms with Gasteiger partial charge >= 0.3 is 5.97 Å². The van der Waals surface area contributed by atoms with Crippen LogP contribution in [0, 0.1) is 0 Å². The lowest BCUT2D eigenvalue weighted by atomic mass is 10.2. The molecular weight excluding hydrogens is 170 g/mol. The predicted molar refractivity (Wildman–Crippen MR) is 43.5 cm³/mol. The van der Waals surface area contributed by atoms with Gasteiger partial charge in [-0.25, -0.2) is 4.79 Å². The van der Waals surface area contributed by atoms with E-state index in [2.05, 4.69) is 4.74 Å². The predicted octanol–water partition coefficient (Wildman–Crippen LogP) is -0.321. The Morgan fingerprint density at radius 1 is 1.73 bits per heavy atom. The maximum absolute atomic E-state index is 10.6. The quantitative estimate of drug-likeness (QED) is 0.589. The number of hydrogen-bond donors (Lipinski definition) is 2. The molecule has 0 heterocycles. The summed E-state index contributed by atoms with van der Waals surface area (Å²) < 4.78 is 4.50. The third kappa shape index (κ3) is 5.01. The summed E-state index contributed by atoms with van der Waals surface area (Å²) in [6.07, 6.45) is -1.19. The highest BCUT2D eigenvalue weighted by molar-refractivity contribution is 5.85. The highest BCUT2D eigenvalue weighted by Gasteiger charge is 2.19. The summed E-state index contributed by atoms with van der Waals surface area (Å²) in [6, 6.07) is -0.570. The number of esters is 1. The monoisotopic (exact) mass is 183 g/mol. The van der Waals surface area contributed by atoms with Crippen LogP contribution in [0.15, 0.2) is 0 Å². The number of carbonyl (C=O) groups is 1. The number of rotatable bonds is 3. The summed E-state index contributed by atoms with van der Waals surface area (Å²) in [5.74, 6) is -0.655. The van der Waals surface area contributed by atoms with Gasteiger partial charge in [0.25, 0.3) is 0 Å². The fraction of sp³-hybridized carbons (Fsp3) is 0.833. The second-order valence-corrected chi connectivity index (χ2v) is 2.06. The van der Waals surface area contributed by atoms with Gasteiger partial charge in [0.2, 0.25) is 0 Å². The molecule has 2 atom stereocenters. The Bertz CT molecular complexity index is 118. The van der Waals surface area contributed by atoms with Crippen LogP contribution in [0.25, 0.3) is 0 Å². The van der Waals surface area contributed by atoms with Crippen molar-refractivity contribution in [2.45, 2.75) is 26.0 Å². The topological polar surface area (TPSA) is 72.5 Å². The number of carbonyl (C=O) groups excluding carboxylic acids is 1. The van der Waals surface area contributed by atoms with E-state index < -0.39 is 18.1 Å². The van der Waals surface area contributed by atoms with E-state index in [1.54, 1.807) is 13.8 Å². The first-order valence-corrected chi connectivity index (χ1v) is 3.19. The Morgan fingerprint density at radius 3 is 2.45 bits per heavy atom. The zero-order chi connectivity index (χ0) is 8.15. The third-order valence-corrected chi connectivity index (χ3v) is 1.03. The maximum atomic E-state index is 10.6. The summed E-state index contributed by atoms with van der Waals surface area (Å²) >= 11 is 0. The first-order valence-electron chi connectivity index (χ1n) is 3.19. The molecule has 0 rings (SSSR count). The lowest BCUT2D eigenvalue weighted by Gasteiger charge is -2.11. The molecule has 0 radical (unpaired) electrons. The van der Waals surface area contributed by atoms with E-state index in [1.165, 1.54) is 0 Å². The minimum Gasteiger partial charge on any atom is -0.464 e. The normalized spacial score (nSPS) is 14.5. The number of aliphatic hydroxyl groups excluding tert-OH is 1. The van der Waals surface area contributed by atoms with Gasteiger partial charge in [0.15, 0.2) is 6.10 Å². The fourth-order valence-corrected chi connectivity index (χ4v) is 0.442. The van der Waals surface area contributed by atoms with Crippen LogP contribution in [-0.4, -0.2) is 29.8 Å². The van der Waals surface area contributed by atoms with E-state index in [0.717, 1.165) is 0 Å². The number of hydrogen-bond acceptors (Lipinski definition) is 4. The van der Waals surface area contributed by atoms with Crippen molar-refractivity contribution in [2.24, 2.45) is 5.73 Å². The molecule has 0 aromatic rings. The summed E-state index contributed by atoms with van der Waals surface area (Å²) in [5, 5.41) is 8.93. The Morgan fingerprint density at radius 2 is 2.18 bits per heavy atom. The highest BCUT2D eigenvalue weighted by Crippen LogP contribution is 1.92. The lowest BCUT2D eigenvalue weighted by molar-refractivity contribution is -0.153. The van der Waals surface area contributed by atoms with E-state index in [-0.39, 0.29) is 19.0 Å². The standard InChI is InChI=1S/C6H13NO3.ClH/c1-3-10-6(9)5(8)4(2)7;/h4-5,8H,3,7H2,1-2H3;1H. The number of nitrogens with two attached hydrogens (primary N) is 1. The first kappa shape index (κ1) is 13.3. The SMILES string of the molecule is CCOC(=O)C(O)C(C)N.Cl. The average Bonchev–Trinajstić information content (AvgIpc) is 1.87. The van der Waals surface area contributed by atoms with Crippen LogP contribution in [0.4, 0.5) is 0 Å². The third-order valence-electron chi connectivity index (χ3n) is 1.03. The van der Waals surface area contributed by atoms with Crippen LogP contribution in [-0.2, 0) is 9.53 Å². The molecule has 0 aromatic carbocycles. The van der Waals surface area contributed by atoms with Gasteiger partial charge in [0.05, 0.1) is 6.61 Å². The second-order valence-electron chi connectivity index (χ2n) is 2.06. The molecule has 0 saturated heterocycles. The molecule has 0 aliphatic carbocycles. The van der Waals surface area contributed by atoms with E-state index in [9.17, 15) is 4.79 Å². The van der Waals surface area contributed by atoms with Crippen LogP contribution in [0.2, 0.25) is 0 Å². The van der Waals surface area contributed by atoms with Gasteiger partial charge in [-0.05, 0) is 13.8 Å². The number of ether oxygens (including phenoxy) is 1. The molecule has 0 aliphatic heterocycles. The van der Waals surface area contributed by atoms with Crippen LogP contribution < -0.4 is 5.73 Å². The summed E-state index contributed by atoms with van der Waals surface area (Å²) in [5.41, 5.74) is 5.22. The second kappa shape index (κ2) is 6.39. The molecule has 0 saturated carbocycles. The summed E-state index contributed by atoms with van der Waals surface area (Å²) in [7, 11) is 0. The average molecular weight is 184 g/mol. The summed E-state index contributed by atoms with van der Waals surface area (Å²) in [6.45, 7) is 3.48. The van der Waals surface area contributed by atoms with Crippen LogP contribution >= 0.6 is 12.4 Å². The Kier molecular flexibility index (Phi) is 7.72. The van der Waals surface area contributed by atoms with Crippen molar-refractivity contribution in [2.75, 3.05) is 6.61 Å². The number of halogens is 1. The molecule has 68 valence electrons. The van der Waals surface area contributed by atoms with Crippen molar-refractivity contribution in [1.29, 1.82) is 0 Å². The van der Waals surface area contributed by atoms with Crippen molar-refractivity contribution < 1.29 is 14.6 Å². The Labute approximate surface area is 72.1 Å². The van der Waals surface area contributed by atoms with E-state index >= 15 is 0 Å². The molecule has 11 heavy (non-hydrogen) atoms. The molecule has 4 nitrogen and oxygen atoms in total. The zero-order valence-corrected chi connectivity index (χ0v) is 7.43. The van der Waals surface area contributed by atoms with Crippen molar-refractivity contribution in [3.05, 3.63) is 0 Å². The van der Waals surface area contributed by atoms with Crippen molar-refractivity contribution in [1.82, 2.24) is 0 Å². The molecule has 0 spiro atoms. The van der Waals surface area contributed by atoms with Gasteiger partial charge in [0, 0.05) is 6.04 Å². The van der Waals surface area contributed by atoms with Crippen LogP contribution in [0.5, 0.6) is 0 Å². The van der Waals surface area contributed by atoms with Crippen LogP contribution in [0.3, 0.4) is 0 Å². The Hall–Kier alpha value is -0.320. The van der Waals surface area contributed by atoms with E-state index in [1.807, 2.05) is 0 Å². The fourth-order valence-electron chi connectivity index (χ4n) is 0.442. The molecular formula is C6H14ClNO3. The largest absolute Gasteiger partial charge is 0.464 e. The first-order chi connectivity index (χ1) is 4.59. The minimum absolute atomic E-state index is 0. The molecule has 0 fully saturated rings. The van der Waals surface area contributed by atoms with Crippen molar-refractivity contribution in [3.63, 3.8) is 0 Å². The molecule has 2 unspecified atom stereocenters. The van der Waals surface area contributed by atoms with Crippen molar-refractivity contribution >= 4 is 18.4 Å². The minimum atomic E-state index is -1.19. The lowest BCUT2D eigenvalue weighted by Crippen LogP contribution is -2.39. The van der Waals surface area contributed by atoms with Crippen LogP contribution in [0.1, 0.15) is 13.8 Å². The molecule has 0 amide bonds. The maximum Gasteiger partial charge on any atom is 0.336 e. The molecule has 0 aromatic heterocycles. The molecule has 0 bridgehead atoms. The van der Waals surface area contributed by atoms with E-state index in [4.69, 9.17) is 10.8 Å². The summed E-state index contributed by atoms with van der Waals surface area (Å²) in [4.78, 5) is 10.6. The van der Waals surface area contributed by atoms with Gasteiger partial charge in [-0.1, -0.05) is 0 Å². The molecule has 5 heteroatoms. The van der Waals surface area contributed by atoms with Gasteiger partial charge in [-0.3, -0.25) is 0 Å². The van der Waals surface area contributed by atoms with Gasteiger partial charge in [0.1, 0.15) is 0 Å². The molecule has 3 N–H and O–H groups in total. The van der Waals surface area contributed by atoms with Gasteiger partial charge in [-0.2, -0.15) is 0 Å². The van der Waals surface area contributed by atoms with Gasteiger partial charge in [-0.15, -0.1) is 12.4 Å². The Balaban J connectivity index is 0. The molecule has 0 aliphatic rings. The van der Waals surface area contributed by atoms with E-state index in [0.29, 0.717) is 0 Å². The zero-order valence-electron chi connectivity index (χ0n) is 6.61. The smallest absolute Gasteiger partial charge is 0.336 e. The van der Waals surface area contributed by atoms with Gasteiger partial charge < -0.3 is 15.6 Å².